The first-order valence-corrected chi connectivity index (χ1v) is 8.18. The summed E-state index contributed by atoms with van der Waals surface area (Å²) in [5.74, 6) is -4.76. The summed E-state index contributed by atoms with van der Waals surface area (Å²) in [7, 11) is 0. The van der Waals surface area contributed by atoms with Crippen LogP contribution in [-0.4, -0.2) is 46.8 Å². The van der Waals surface area contributed by atoms with Crippen LogP contribution in [0, 0.1) is 5.41 Å². The number of carbonyl (C=O) groups is 5. The third-order valence-corrected chi connectivity index (χ3v) is 4.40. The van der Waals surface area contributed by atoms with Crippen LogP contribution in [0.4, 0.5) is 0 Å². The number of ether oxygens (including phenoxy) is 2. The third-order valence-electron chi connectivity index (χ3n) is 4.40. The SMILES string of the molecule is CCOC(=O)CCC(OC(=O)C(CC)(CC)C(=O)O)(C(C)=O)C(C)=O. The molecule has 0 amide bonds. The van der Waals surface area contributed by atoms with E-state index in [-0.39, 0.29) is 25.9 Å². The molecular formula is C17H26O8. The molecule has 0 aromatic rings. The fourth-order valence-corrected chi connectivity index (χ4v) is 2.49. The largest absolute Gasteiger partial charge is 0.480 e. The topological polar surface area (TPSA) is 124 Å². The molecule has 1 N–H and O–H groups in total. The lowest BCUT2D eigenvalue weighted by Crippen LogP contribution is -2.53. The third kappa shape index (κ3) is 4.87. The molecule has 0 unspecified atom stereocenters. The smallest absolute Gasteiger partial charge is 0.324 e. The second-order valence-corrected chi connectivity index (χ2v) is 5.73. The number of ketones is 2. The summed E-state index contributed by atoms with van der Waals surface area (Å²) in [6.45, 7) is 6.84. The van der Waals surface area contributed by atoms with Gasteiger partial charge >= 0.3 is 17.9 Å². The van der Waals surface area contributed by atoms with Crippen molar-refractivity contribution in [3.8, 4) is 0 Å². The van der Waals surface area contributed by atoms with E-state index in [0.29, 0.717) is 0 Å². The molecule has 8 heteroatoms. The molecule has 0 fully saturated rings. The van der Waals surface area contributed by atoms with Crippen molar-refractivity contribution >= 4 is 29.5 Å². The van der Waals surface area contributed by atoms with Crippen LogP contribution in [0.5, 0.6) is 0 Å². The van der Waals surface area contributed by atoms with Gasteiger partial charge in [-0.15, -0.1) is 0 Å². The number of Topliss-reactive ketones (excluding diaryl/α,β-unsaturated/α-hetero) is 2. The van der Waals surface area contributed by atoms with Crippen molar-refractivity contribution in [3.63, 3.8) is 0 Å². The molecule has 0 aromatic carbocycles. The van der Waals surface area contributed by atoms with Gasteiger partial charge < -0.3 is 14.6 Å². The van der Waals surface area contributed by atoms with Crippen molar-refractivity contribution in [1.29, 1.82) is 0 Å². The summed E-state index contributed by atoms with van der Waals surface area (Å²) in [5.41, 5.74) is -4.06. The van der Waals surface area contributed by atoms with Crippen molar-refractivity contribution in [3.05, 3.63) is 0 Å². The molecule has 25 heavy (non-hydrogen) atoms. The first-order valence-electron chi connectivity index (χ1n) is 8.18. The summed E-state index contributed by atoms with van der Waals surface area (Å²) in [6.07, 6.45) is -0.854. The maximum Gasteiger partial charge on any atom is 0.324 e. The van der Waals surface area contributed by atoms with Crippen LogP contribution >= 0.6 is 0 Å². The number of aliphatic carboxylic acids is 1. The quantitative estimate of drug-likeness (QED) is 0.437. The molecule has 142 valence electrons. The van der Waals surface area contributed by atoms with Gasteiger partial charge in [0, 0.05) is 6.42 Å². The Hall–Kier alpha value is -2.25. The van der Waals surface area contributed by atoms with Gasteiger partial charge in [-0.05, 0) is 33.6 Å². The Labute approximate surface area is 146 Å². The number of carbonyl (C=O) groups excluding carboxylic acids is 4. The molecule has 0 aliphatic heterocycles. The molecule has 0 saturated heterocycles. The lowest BCUT2D eigenvalue weighted by atomic mass is 9.81. The Morgan fingerprint density at radius 1 is 0.920 bits per heavy atom. The monoisotopic (exact) mass is 358 g/mol. The second kappa shape index (κ2) is 9.29. The van der Waals surface area contributed by atoms with E-state index in [4.69, 9.17) is 9.47 Å². The highest BCUT2D eigenvalue weighted by molar-refractivity contribution is 6.11. The summed E-state index contributed by atoms with van der Waals surface area (Å²) in [5, 5.41) is 9.41. The molecular weight excluding hydrogens is 332 g/mol. The van der Waals surface area contributed by atoms with E-state index in [0.717, 1.165) is 13.8 Å². The summed E-state index contributed by atoms with van der Waals surface area (Å²) in [4.78, 5) is 59.8. The van der Waals surface area contributed by atoms with E-state index in [1.807, 2.05) is 0 Å². The van der Waals surface area contributed by atoms with Crippen molar-refractivity contribution < 1.29 is 38.6 Å². The molecule has 0 rings (SSSR count). The number of esters is 2. The lowest BCUT2D eigenvalue weighted by molar-refractivity contribution is -0.187. The minimum atomic E-state index is -2.20. The van der Waals surface area contributed by atoms with Gasteiger partial charge in [0.2, 0.25) is 5.60 Å². The minimum Gasteiger partial charge on any atom is -0.480 e. The van der Waals surface area contributed by atoms with Crippen molar-refractivity contribution in [2.24, 2.45) is 5.41 Å². The van der Waals surface area contributed by atoms with Gasteiger partial charge in [-0.2, -0.15) is 0 Å². The Morgan fingerprint density at radius 2 is 1.40 bits per heavy atom. The highest BCUT2D eigenvalue weighted by atomic mass is 16.6. The standard InChI is InChI=1S/C17H26O8/c1-6-16(7-2,14(21)22)15(23)25-17(11(4)18,12(5)19)10-9-13(20)24-8-3/h6-10H2,1-5H3,(H,21,22). The maximum absolute atomic E-state index is 12.5. The van der Waals surface area contributed by atoms with Crippen LogP contribution in [-0.2, 0) is 33.4 Å². The molecule has 0 heterocycles. The van der Waals surface area contributed by atoms with Crippen LogP contribution in [0.15, 0.2) is 0 Å². The van der Waals surface area contributed by atoms with Crippen molar-refractivity contribution in [1.82, 2.24) is 0 Å². The normalized spacial score (nSPS) is 11.6. The van der Waals surface area contributed by atoms with Gasteiger partial charge in [0.25, 0.3) is 0 Å². The van der Waals surface area contributed by atoms with Gasteiger partial charge in [-0.3, -0.25) is 24.0 Å². The molecule has 0 bridgehead atoms. The summed E-state index contributed by atoms with van der Waals surface area (Å²) in [6, 6.07) is 0. The molecule has 0 aliphatic carbocycles. The van der Waals surface area contributed by atoms with E-state index in [1.54, 1.807) is 6.92 Å². The molecule has 0 radical (unpaired) electrons. The molecule has 0 atom stereocenters. The first kappa shape index (κ1) is 22.8. The molecule has 0 saturated carbocycles. The Kier molecular flexibility index (Phi) is 8.45. The fraction of sp³-hybridized carbons (Fsp3) is 0.706. The van der Waals surface area contributed by atoms with E-state index < -0.39 is 46.9 Å². The highest BCUT2D eigenvalue weighted by Crippen LogP contribution is 2.33. The van der Waals surface area contributed by atoms with Crippen molar-refractivity contribution in [2.75, 3.05) is 6.61 Å². The van der Waals surface area contributed by atoms with Crippen LogP contribution in [0.1, 0.15) is 60.3 Å². The highest BCUT2D eigenvalue weighted by Gasteiger charge is 2.52. The number of hydrogen-bond acceptors (Lipinski definition) is 7. The van der Waals surface area contributed by atoms with Gasteiger partial charge in [-0.25, -0.2) is 0 Å². The lowest BCUT2D eigenvalue weighted by Gasteiger charge is -2.33. The van der Waals surface area contributed by atoms with E-state index in [2.05, 4.69) is 0 Å². The van der Waals surface area contributed by atoms with Crippen LogP contribution in [0.2, 0.25) is 0 Å². The average Bonchev–Trinajstić information content (AvgIpc) is 2.52. The van der Waals surface area contributed by atoms with Crippen LogP contribution in [0.25, 0.3) is 0 Å². The van der Waals surface area contributed by atoms with Gasteiger partial charge in [0.05, 0.1) is 13.0 Å². The zero-order valence-corrected chi connectivity index (χ0v) is 15.3. The predicted octanol–water partition coefficient (Wildman–Crippen LogP) is 1.68. The number of rotatable bonds is 11. The number of carboxylic acid groups (broad SMARTS) is 1. The Morgan fingerprint density at radius 3 is 1.72 bits per heavy atom. The van der Waals surface area contributed by atoms with Crippen LogP contribution in [0.3, 0.4) is 0 Å². The minimum absolute atomic E-state index is 0.0680. The molecule has 0 aliphatic rings. The molecule has 0 aromatic heterocycles. The zero-order chi connectivity index (χ0) is 19.8. The Balaban J connectivity index is 5.75. The van der Waals surface area contributed by atoms with Gasteiger partial charge in [0.15, 0.2) is 17.0 Å². The van der Waals surface area contributed by atoms with E-state index >= 15 is 0 Å². The number of hydrogen-bond donors (Lipinski definition) is 1. The maximum atomic E-state index is 12.5. The van der Waals surface area contributed by atoms with Crippen molar-refractivity contribution in [2.45, 2.75) is 65.9 Å². The first-order chi connectivity index (χ1) is 11.5. The zero-order valence-electron chi connectivity index (χ0n) is 15.3. The summed E-state index contributed by atoms with van der Waals surface area (Å²) < 4.78 is 9.92. The van der Waals surface area contributed by atoms with Gasteiger partial charge in [0.1, 0.15) is 0 Å². The number of carboxylic acids is 1. The van der Waals surface area contributed by atoms with Crippen LogP contribution < -0.4 is 0 Å². The van der Waals surface area contributed by atoms with E-state index in [1.165, 1.54) is 13.8 Å². The second-order valence-electron chi connectivity index (χ2n) is 5.73. The van der Waals surface area contributed by atoms with E-state index in [9.17, 15) is 29.1 Å². The fourth-order valence-electron chi connectivity index (χ4n) is 2.49. The average molecular weight is 358 g/mol. The Bertz CT molecular complexity index is 531. The summed E-state index contributed by atoms with van der Waals surface area (Å²) >= 11 is 0. The molecule has 8 nitrogen and oxygen atoms in total. The van der Waals surface area contributed by atoms with Gasteiger partial charge in [-0.1, -0.05) is 13.8 Å². The molecule has 0 spiro atoms. The predicted molar refractivity (Wildman–Crippen MR) is 86.7 cm³/mol.